The molecule has 0 spiro atoms. The van der Waals surface area contributed by atoms with Gasteiger partial charge in [-0.05, 0) is 6.42 Å². The Balaban J connectivity index is 2.92. The first-order valence-corrected chi connectivity index (χ1v) is 3.78. The van der Waals surface area contributed by atoms with E-state index >= 15 is 0 Å². The zero-order valence-corrected chi connectivity index (χ0v) is 7.11. The summed E-state index contributed by atoms with van der Waals surface area (Å²) in [4.78, 5) is 14.3. The highest BCUT2D eigenvalue weighted by Crippen LogP contribution is 1.99. The topological polar surface area (TPSA) is 68.0 Å². The molecule has 0 radical (unpaired) electrons. The lowest BCUT2D eigenvalue weighted by Gasteiger charge is -1.93. The van der Waals surface area contributed by atoms with Crippen LogP contribution in [0.15, 0.2) is 0 Å². The summed E-state index contributed by atoms with van der Waals surface area (Å²) in [6, 6.07) is 0. The fourth-order valence-electron chi connectivity index (χ4n) is 0.949. The minimum absolute atomic E-state index is 0.124. The van der Waals surface area contributed by atoms with Crippen molar-refractivity contribution in [3.8, 4) is 0 Å². The number of hydrogen-bond donors (Lipinski definition) is 1. The number of carbonyl (C=O) groups is 1. The van der Waals surface area contributed by atoms with Crippen molar-refractivity contribution in [3.05, 3.63) is 11.6 Å². The molecule has 0 saturated heterocycles. The smallest absolute Gasteiger partial charge is 0.375 e. The van der Waals surface area contributed by atoms with Gasteiger partial charge >= 0.3 is 5.97 Å². The van der Waals surface area contributed by atoms with Gasteiger partial charge in [0, 0.05) is 13.5 Å². The molecule has 66 valence electrons. The molecule has 0 fully saturated rings. The molecule has 1 rings (SSSR count). The SMILES string of the molecule is CCCc1nc(C(=O)O)nn1C. The summed E-state index contributed by atoms with van der Waals surface area (Å²) >= 11 is 0. The van der Waals surface area contributed by atoms with Crippen molar-refractivity contribution in [1.29, 1.82) is 0 Å². The van der Waals surface area contributed by atoms with Gasteiger partial charge in [0.05, 0.1) is 0 Å². The number of rotatable bonds is 3. The van der Waals surface area contributed by atoms with Crippen LogP contribution in [0.25, 0.3) is 0 Å². The summed E-state index contributed by atoms with van der Waals surface area (Å²) in [5.41, 5.74) is 0. The first-order chi connectivity index (χ1) is 5.65. The molecule has 1 aromatic heterocycles. The molecule has 0 unspecified atom stereocenters. The maximum Gasteiger partial charge on any atom is 0.375 e. The number of carboxylic acid groups (broad SMARTS) is 1. The molecule has 1 aromatic rings. The first kappa shape index (κ1) is 8.70. The van der Waals surface area contributed by atoms with Crippen molar-refractivity contribution >= 4 is 5.97 Å². The molecule has 0 atom stereocenters. The third-order valence-corrected chi connectivity index (χ3v) is 1.52. The Morgan fingerprint density at radius 2 is 2.33 bits per heavy atom. The standard InChI is InChI=1S/C7H11N3O2/c1-3-4-5-8-6(7(11)12)9-10(5)2/h3-4H2,1-2H3,(H,11,12). The van der Waals surface area contributed by atoms with Gasteiger partial charge in [0.1, 0.15) is 5.82 Å². The molecule has 1 heterocycles. The Kier molecular flexibility index (Phi) is 2.42. The van der Waals surface area contributed by atoms with Crippen molar-refractivity contribution in [1.82, 2.24) is 14.8 Å². The van der Waals surface area contributed by atoms with Crippen LogP contribution in [0.1, 0.15) is 29.8 Å². The number of aromatic nitrogens is 3. The van der Waals surface area contributed by atoms with Crippen LogP contribution < -0.4 is 0 Å². The Morgan fingerprint density at radius 1 is 1.67 bits per heavy atom. The third-order valence-electron chi connectivity index (χ3n) is 1.52. The number of carboxylic acids is 1. The molecule has 0 bridgehead atoms. The van der Waals surface area contributed by atoms with E-state index in [9.17, 15) is 4.79 Å². The Labute approximate surface area is 70.0 Å². The van der Waals surface area contributed by atoms with Crippen LogP contribution in [0, 0.1) is 0 Å². The quantitative estimate of drug-likeness (QED) is 0.714. The second-order valence-electron chi connectivity index (χ2n) is 2.53. The number of aryl methyl sites for hydroxylation is 2. The highest BCUT2D eigenvalue weighted by Gasteiger charge is 2.11. The molecule has 5 heteroatoms. The van der Waals surface area contributed by atoms with Gasteiger partial charge in [-0.25, -0.2) is 9.78 Å². The monoisotopic (exact) mass is 169 g/mol. The van der Waals surface area contributed by atoms with Crippen LogP contribution in [0.3, 0.4) is 0 Å². The van der Waals surface area contributed by atoms with E-state index in [4.69, 9.17) is 5.11 Å². The lowest BCUT2D eigenvalue weighted by atomic mass is 10.3. The molecule has 0 aliphatic heterocycles. The van der Waals surface area contributed by atoms with Gasteiger partial charge in [0.25, 0.3) is 5.82 Å². The second kappa shape index (κ2) is 3.34. The predicted octanol–water partition coefficient (Wildman–Crippen LogP) is 0.466. The van der Waals surface area contributed by atoms with E-state index in [-0.39, 0.29) is 5.82 Å². The van der Waals surface area contributed by atoms with E-state index in [1.807, 2.05) is 6.92 Å². The van der Waals surface area contributed by atoms with Gasteiger partial charge in [-0.15, -0.1) is 5.10 Å². The lowest BCUT2D eigenvalue weighted by molar-refractivity contribution is 0.0683. The van der Waals surface area contributed by atoms with Gasteiger partial charge in [-0.1, -0.05) is 6.92 Å². The minimum Gasteiger partial charge on any atom is -0.475 e. The molecule has 12 heavy (non-hydrogen) atoms. The average molecular weight is 169 g/mol. The van der Waals surface area contributed by atoms with Gasteiger partial charge in [-0.3, -0.25) is 4.68 Å². The highest BCUT2D eigenvalue weighted by molar-refractivity contribution is 5.82. The number of hydrogen-bond acceptors (Lipinski definition) is 3. The van der Waals surface area contributed by atoms with E-state index in [1.165, 1.54) is 4.68 Å². The number of nitrogens with zero attached hydrogens (tertiary/aromatic N) is 3. The van der Waals surface area contributed by atoms with Crippen LogP contribution in [-0.2, 0) is 13.5 Å². The Morgan fingerprint density at radius 3 is 2.75 bits per heavy atom. The van der Waals surface area contributed by atoms with Crippen molar-refractivity contribution in [2.45, 2.75) is 19.8 Å². The molecule has 0 saturated carbocycles. The summed E-state index contributed by atoms with van der Waals surface area (Å²) < 4.78 is 1.51. The fourth-order valence-corrected chi connectivity index (χ4v) is 0.949. The minimum atomic E-state index is -1.08. The predicted molar refractivity (Wildman–Crippen MR) is 42.0 cm³/mol. The van der Waals surface area contributed by atoms with E-state index in [0.717, 1.165) is 18.7 Å². The molecule has 5 nitrogen and oxygen atoms in total. The zero-order valence-electron chi connectivity index (χ0n) is 7.11. The van der Waals surface area contributed by atoms with E-state index in [0.29, 0.717) is 0 Å². The van der Waals surface area contributed by atoms with Crippen molar-refractivity contribution in [2.24, 2.45) is 7.05 Å². The van der Waals surface area contributed by atoms with E-state index < -0.39 is 5.97 Å². The summed E-state index contributed by atoms with van der Waals surface area (Å²) in [5, 5.41) is 12.3. The van der Waals surface area contributed by atoms with E-state index in [1.54, 1.807) is 7.05 Å². The van der Waals surface area contributed by atoms with Crippen molar-refractivity contribution in [3.63, 3.8) is 0 Å². The fraction of sp³-hybridized carbons (Fsp3) is 0.571. The highest BCUT2D eigenvalue weighted by atomic mass is 16.4. The van der Waals surface area contributed by atoms with Crippen LogP contribution in [0.2, 0.25) is 0 Å². The first-order valence-electron chi connectivity index (χ1n) is 3.78. The van der Waals surface area contributed by atoms with Gasteiger partial charge in [0.15, 0.2) is 0 Å². The van der Waals surface area contributed by atoms with Gasteiger partial charge < -0.3 is 5.11 Å². The molecule has 0 aliphatic carbocycles. The summed E-state index contributed by atoms with van der Waals surface area (Å²) in [5.74, 6) is -0.483. The Bertz CT molecular complexity index is 293. The van der Waals surface area contributed by atoms with Crippen molar-refractivity contribution in [2.75, 3.05) is 0 Å². The molecule has 0 aliphatic rings. The van der Waals surface area contributed by atoms with E-state index in [2.05, 4.69) is 10.1 Å². The Hall–Kier alpha value is -1.39. The summed E-state index contributed by atoms with van der Waals surface area (Å²) in [6.07, 6.45) is 1.70. The summed E-state index contributed by atoms with van der Waals surface area (Å²) in [6.45, 7) is 2.01. The molecular formula is C7H11N3O2. The average Bonchev–Trinajstić information content (AvgIpc) is 2.34. The maximum absolute atomic E-state index is 10.4. The second-order valence-corrected chi connectivity index (χ2v) is 2.53. The molecule has 0 aromatic carbocycles. The van der Waals surface area contributed by atoms with Crippen molar-refractivity contribution < 1.29 is 9.90 Å². The van der Waals surface area contributed by atoms with Gasteiger partial charge in [-0.2, -0.15) is 0 Å². The van der Waals surface area contributed by atoms with Crippen LogP contribution >= 0.6 is 0 Å². The van der Waals surface area contributed by atoms with Crippen LogP contribution in [0.5, 0.6) is 0 Å². The van der Waals surface area contributed by atoms with Crippen LogP contribution in [-0.4, -0.2) is 25.8 Å². The van der Waals surface area contributed by atoms with Gasteiger partial charge in [0.2, 0.25) is 0 Å². The number of aromatic carboxylic acids is 1. The third kappa shape index (κ3) is 1.61. The lowest BCUT2D eigenvalue weighted by Crippen LogP contribution is -2.00. The molecule has 0 amide bonds. The van der Waals surface area contributed by atoms with Crippen LogP contribution in [0.4, 0.5) is 0 Å². The normalized spacial score (nSPS) is 10.2. The zero-order chi connectivity index (χ0) is 9.14. The largest absolute Gasteiger partial charge is 0.475 e. The summed E-state index contributed by atoms with van der Waals surface area (Å²) in [7, 11) is 1.70. The molecular weight excluding hydrogens is 158 g/mol. The molecule has 1 N–H and O–H groups in total. The maximum atomic E-state index is 10.4.